The Morgan fingerprint density at radius 3 is 2.31 bits per heavy atom. The van der Waals surface area contributed by atoms with Crippen LogP contribution < -0.4 is 0 Å². The average Bonchev–Trinajstić information content (AvgIpc) is 3.40. The van der Waals surface area contributed by atoms with E-state index in [0.29, 0.717) is 18.5 Å². The Labute approximate surface area is 262 Å². The van der Waals surface area contributed by atoms with Crippen LogP contribution in [-0.4, -0.2) is 135 Å². The highest BCUT2D eigenvalue weighted by Gasteiger charge is 2.92. The number of hydrogen-bond acceptors (Lipinski definition) is 12. The molecule has 7 bridgehead atoms. The van der Waals surface area contributed by atoms with Gasteiger partial charge in [-0.05, 0) is 31.5 Å². The van der Waals surface area contributed by atoms with E-state index in [9.17, 15) is 24.9 Å². The van der Waals surface area contributed by atoms with Crippen molar-refractivity contribution >= 4 is 11.9 Å². The number of rotatable bonds is 8. The topological polar surface area (TPSA) is 153 Å². The number of esters is 2. The molecule has 0 radical (unpaired) electrons. The zero-order valence-electron chi connectivity index (χ0n) is 26.6. The number of aliphatic hydroxyl groups is 3. The van der Waals surface area contributed by atoms with E-state index < -0.39 is 88.3 Å². The summed E-state index contributed by atoms with van der Waals surface area (Å²) in [7, 11) is 8.20. The number of ether oxygens (including phenoxy) is 6. The van der Waals surface area contributed by atoms with E-state index in [0.717, 1.165) is 0 Å². The molecule has 248 valence electrons. The first kappa shape index (κ1) is 31.4. The minimum absolute atomic E-state index is 0.0754. The molecule has 1 aliphatic heterocycles. The molecule has 1 aromatic rings. The van der Waals surface area contributed by atoms with E-state index >= 15 is 0 Å². The molecule has 12 heteroatoms. The quantitative estimate of drug-likeness (QED) is 0.337. The summed E-state index contributed by atoms with van der Waals surface area (Å²) in [4.78, 5) is 29.1. The number of fused-ring (bicyclic) bond motifs is 2. The number of hydrogen-bond donors (Lipinski definition) is 3. The van der Waals surface area contributed by atoms with Crippen LogP contribution in [0, 0.1) is 34.5 Å². The van der Waals surface area contributed by atoms with Crippen LogP contribution in [0.3, 0.4) is 0 Å². The summed E-state index contributed by atoms with van der Waals surface area (Å²) in [6.07, 6.45) is -5.50. The first-order valence-corrected chi connectivity index (χ1v) is 15.8. The van der Waals surface area contributed by atoms with Crippen molar-refractivity contribution in [3.63, 3.8) is 0 Å². The molecule has 6 fully saturated rings. The largest absolute Gasteiger partial charge is 0.455 e. The molecule has 45 heavy (non-hydrogen) atoms. The van der Waals surface area contributed by atoms with Crippen LogP contribution >= 0.6 is 0 Å². The second-order valence-electron chi connectivity index (χ2n) is 14.3. The molecular weight excluding hydrogens is 586 g/mol. The van der Waals surface area contributed by atoms with Gasteiger partial charge in [-0.15, -0.1) is 0 Å². The van der Waals surface area contributed by atoms with Crippen molar-refractivity contribution < 1.29 is 53.3 Å². The van der Waals surface area contributed by atoms with Crippen molar-refractivity contribution in [3.05, 3.63) is 35.9 Å². The fourth-order valence-corrected chi connectivity index (χ4v) is 12.2. The lowest BCUT2D eigenvalue weighted by atomic mass is 9.42. The second-order valence-corrected chi connectivity index (χ2v) is 14.3. The third-order valence-corrected chi connectivity index (χ3v) is 12.9. The van der Waals surface area contributed by atoms with Gasteiger partial charge in [0.1, 0.15) is 23.9 Å². The molecule has 5 aliphatic carbocycles. The Balaban J connectivity index is 1.52. The van der Waals surface area contributed by atoms with Gasteiger partial charge in [0.15, 0.2) is 5.60 Å². The molecule has 1 saturated heterocycles. The number of likely N-dealkylation sites (tertiary alicyclic amines) is 1. The maximum absolute atomic E-state index is 13.7. The van der Waals surface area contributed by atoms with Crippen LogP contribution in [0.2, 0.25) is 0 Å². The number of carbonyl (C=O) groups excluding carboxylic acids is 2. The minimum Gasteiger partial charge on any atom is -0.455 e. The molecule has 1 spiro atoms. The maximum atomic E-state index is 13.7. The van der Waals surface area contributed by atoms with Crippen molar-refractivity contribution in [1.29, 1.82) is 0 Å². The van der Waals surface area contributed by atoms with Gasteiger partial charge in [0.05, 0.1) is 30.5 Å². The summed E-state index contributed by atoms with van der Waals surface area (Å²) >= 11 is 0. The van der Waals surface area contributed by atoms with Crippen molar-refractivity contribution in [1.82, 2.24) is 4.90 Å². The molecule has 6 aliphatic rings. The molecule has 5 saturated carbocycles. The minimum atomic E-state index is -1.83. The highest BCUT2D eigenvalue weighted by atomic mass is 16.6. The normalized spacial score (nSPS) is 50.7. The predicted octanol–water partition coefficient (Wildman–Crippen LogP) is 0.258. The molecule has 0 amide bonds. The van der Waals surface area contributed by atoms with Gasteiger partial charge in [0, 0.05) is 83.0 Å². The SMILES string of the molecule is COC[C@]12CN(C)[C@@H]3[C@@H]4[C@H](OC)[C@H]1[C@@]3([C@@H](OC)C[C@H]2O)[C@H]1C[C@]2(O)C(OC(=O)c3ccccc3)[C@H]1[C@@]4(OC(C)=O)[C@@H](O)[C@H]2OC. The van der Waals surface area contributed by atoms with Crippen LogP contribution in [0.5, 0.6) is 0 Å². The van der Waals surface area contributed by atoms with Gasteiger partial charge in [-0.3, -0.25) is 4.79 Å². The van der Waals surface area contributed by atoms with Crippen molar-refractivity contribution in [3.8, 4) is 0 Å². The zero-order valence-corrected chi connectivity index (χ0v) is 26.6. The van der Waals surface area contributed by atoms with Gasteiger partial charge < -0.3 is 48.6 Å². The summed E-state index contributed by atoms with van der Waals surface area (Å²) in [5.74, 6) is -3.66. The lowest BCUT2D eigenvalue weighted by Crippen LogP contribution is -2.81. The van der Waals surface area contributed by atoms with E-state index in [2.05, 4.69) is 4.90 Å². The highest BCUT2D eigenvalue weighted by Crippen LogP contribution is 2.80. The monoisotopic (exact) mass is 631 g/mol. The molecule has 1 unspecified atom stereocenters. The molecule has 1 aromatic carbocycles. The van der Waals surface area contributed by atoms with E-state index in [4.69, 9.17) is 28.4 Å². The lowest BCUT2D eigenvalue weighted by Gasteiger charge is -2.70. The van der Waals surface area contributed by atoms with E-state index in [1.165, 1.54) is 14.0 Å². The molecule has 0 aromatic heterocycles. The van der Waals surface area contributed by atoms with Crippen LogP contribution in [0.25, 0.3) is 0 Å². The van der Waals surface area contributed by atoms with E-state index in [1.807, 2.05) is 7.05 Å². The van der Waals surface area contributed by atoms with Crippen molar-refractivity contribution in [2.75, 3.05) is 48.6 Å². The summed E-state index contributed by atoms with van der Waals surface area (Å²) in [6, 6.07) is 8.15. The van der Waals surface area contributed by atoms with E-state index in [1.54, 1.807) is 51.7 Å². The fourth-order valence-electron chi connectivity index (χ4n) is 12.2. The van der Waals surface area contributed by atoms with Crippen molar-refractivity contribution in [2.45, 2.75) is 73.6 Å². The lowest BCUT2D eigenvalue weighted by molar-refractivity contribution is -0.321. The fraction of sp³-hybridized carbons (Fsp3) is 0.758. The molecular formula is C33H45NO11. The van der Waals surface area contributed by atoms with Crippen LogP contribution in [0.15, 0.2) is 30.3 Å². The third kappa shape index (κ3) is 3.55. The van der Waals surface area contributed by atoms with Gasteiger partial charge in [0.25, 0.3) is 0 Å². The molecule has 12 nitrogen and oxygen atoms in total. The third-order valence-electron chi connectivity index (χ3n) is 12.9. The number of benzene rings is 1. The predicted molar refractivity (Wildman–Crippen MR) is 156 cm³/mol. The van der Waals surface area contributed by atoms with Gasteiger partial charge >= 0.3 is 11.9 Å². The summed E-state index contributed by atoms with van der Waals surface area (Å²) in [6.45, 7) is 2.00. The first-order chi connectivity index (χ1) is 21.4. The van der Waals surface area contributed by atoms with Crippen molar-refractivity contribution in [2.24, 2.45) is 34.5 Å². The summed E-state index contributed by atoms with van der Waals surface area (Å²) in [5, 5.41) is 37.0. The highest BCUT2D eigenvalue weighted by molar-refractivity contribution is 5.89. The van der Waals surface area contributed by atoms with Gasteiger partial charge in [0.2, 0.25) is 0 Å². The molecule has 15 atom stereocenters. The zero-order chi connectivity index (χ0) is 32.3. The van der Waals surface area contributed by atoms with Gasteiger partial charge in [-0.2, -0.15) is 0 Å². The molecule has 3 N–H and O–H groups in total. The summed E-state index contributed by atoms with van der Waals surface area (Å²) in [5.41, 5.74) is -4.79. The Morgan fingerprint density at radius 1 is 1.00 bits per heavy atom. The van der Waals surface area contributed by atoms with Gasteiger partial charge in [-0.25, -0.2) is 4.79 Å². The maximum Gasteiger partial charge on any atom is 0.338 e. The van der Waals surface area contributed by atoms with Crippen LogP contribution in [0.1, 0.15) is 30.1 Å². The number of aliphatic hydroxyl groups excluding tert-OH is 2. The molecule has 1 heterocycles. The average molecular weight is 632 g/mol. The van der Waals surface area contributed by atoms with E-state index in [-0.39, 0.29) is 25.0 Å². The molecule has 7 rings (SSSR count). The smallest absolute Gasteiger partial charge is 0.338 e. The Morgan fingerprint density at radius 2 is 1.71 bits per heavy atom. The number of nitrogens with zero attached hydrogens (tertiary/aromatic N) is 1. The second kappa shape index (κ2) is 10.4. The first-order valence-electron chi connectivity index (χ1n) is 15.8. The van der Waals surface area contributed by atoms with Gasteiger partial charge in [-0.1, -0.05) is 18.2 Å². The number of piperidine rings is 1. The number of carbonyl (C=O) groups is 2. The standard InChI is InChI=1S/C33H45NO11/c1-16(35)45-33-21-18(13-31(39,28(43-6)26(33)37)27(21)44-29(38)17-10-8-7-9-11-17)32-20(41-4)12-19(36)30(15-40-3)14-34(2)25(32)22(33)23(42-5)24(30)32/h7-11,18-28,36-37,39H,12-15H2,1-6H3/t18-,19+,20-,21-,22-,23-,24+,25+,26-,27?,28+,30-,31-,32-,33-/m0/s1. The Hall–Kier alpha value is -2.16. The number of methoxy groups -OCH3 is 4. The van der Waals surface area contributed by atoms with Crippen LogP contribution in [-0.2, 0) is 33.2 Å². The Kier molecular flexibility index (Phi) is 7.28. The van der Waals surface area contributed by atoms with Crippen LogP contribution in [0.4, 0.5) is 0 Å². The summed E-state index contributed by atoms with van der Waals surface area (Å²) < 4.78 is 37.2. The Bertz CT molecular complexity index is 1350.